The highest BCUT2D eigenvalue weighted by Gasteiger charge is 2.20. The number of carbonyl (C=O) groups is 1. The zero-order chi connectivity index (χ0) is 16.4. The molecule has 1 heterocycles. The summed E-state index contributed by atoms with van der Waals surface area (Å²) in [7, 11) is 0. The van der Waals surface area contributed by atoms with Crippen molar-refractivity contribution in [1.82, 2.24) is 0 Å². The Morgan fingerprint density at radius 1 is 1.26 bits per heavy atom. The van der Waals surface area contributed by atoms with Crippen molar-refractivity contribution in [3.05, 3.63) is 47.5 Å². The fourth-order valence-electron chi connectivity index (χ4n) is 2.86. The maximum atomic E-state index is 12.5. The van der Waals surface area contributed by atoms with E-state index >= 15 is 0 Å². The van der Waals surface area contributed by atoms with E-state index in [1.165, 1.54) is 0 Å². The first-order valence-corrected chi connectivity index (χ1v) is 7.54. The molecule has 0 atom stereocenters. The van der Waals surface area contributed by atoms with Crippen molar-refractivity contribution in [3.8, 4) is 16.9 Å². The Morgan fingerprint density at radius 2 is 2.09 bits per heavy atom. The molecule has 0 spiro atoms. The summed E-state index contributed by atoms with van der Waals surface area (Å²) in [4.78, 5) is 11.5. The summed E-state index contributed by atoms with van der Waals surface area (Å²) in [5.74, 6) is 0.414. The van der Waals surface area contributed by atoms with E-state index in [2.05, 4.69) is 5.32 Å². The van der Waals surface area contributed by atoms with Crippen LogP contribution in [0.25, 0.3) is 11.1 Å². The van der Waals surface area contributed by atoms with Crippen LogP contribution in [0.15, 0.2) is 36.4 Å². The lowest BCUT2D eigenvalue weighted by Gasteiger charge is -2.16. The number of hydrogen-bond donors (Lipinski definition) is 1. The van der Waals surface area contributed by atoms with Crippen LogP contribution in [0, 0.1) is 0 Å². The van der Waals surface area contributed by atoms with Crippen LogP contribution in [-0.2, 0) is 17.6 Å². The van der Waals surface area contributed by atoms with Crippen molar-refractivity contribution in [2.45, 2.75) is 26.2 Å². The first kappa shape index (κ1) is 15.5. The highest BCUT2D eigenvalue weighted by atomic mass is 19.3. The summed E-state index contributed by atoms with van der Waals surface area (Å²) in [5, 5.41) is 2.79. The first-order chi connectivity index (χ1) is 11.1. The second kappa shape index (κ2) is 6.36. The van der Waals surface area contributed by atoms with Crippen LogP contribution in [0.1, 0.15) is 18.1 Å². The van der Waals surface area contributed by atoms with Gasteiger partial charge in [0.05, 0.1) is 6.42 Å². The minimum Gasteiger partial charge on any atom is -0.487 e. The Bertz CT molecular complexity index is 744. The summed E-state index contributed by atoms with van der Waals surface area (Å²) in [5.41, 5.74) is 4.44. The lowest BCUT2D eigenvalue weighted by atomic mass is 9.95. The van der Waals surface area contributed by atoms with Gasteiger partial charge in [0.15, 0.2) is 0 Å². The lowest BCUT2D eigenvalue weighted by molar-refractivity contribution is -0.115. The molecule has 1 aliphatic heterocycles. The number of halogens is 2. The molecule has 1 aliphatic rings. The van der Waals surface area contributed by atoms with Gasteiger partial charge >= 0.3 is 0 Å². The highest BCUT2D eigenvalue weighted by molar-refractivity contribution is 5.99. The molecule has 2 aromatic carbocycles. The Morgan fingerprint density at radius 3 is 2.83 bits per heavy atom. The molecule has 0 radical (unpaired) electrons. The number of aryl methyl sites for hydroxylation is 1. The average molecular weight is 317 g/mol. The van der Waals surface area contributed by atoms with Crippen LogP contribution < -0.4 is 10.1 Å². The summed E-state index contributed by atoms with van der Waals surface area (Å²) >= 11 is 0. The zero-order valence-corrected chi connectivity index (χ0v) is 12.7. The molecule has 23 heavy (non-hydrogen) atoms. The molecule has 3 nitrogen and oxygen atoms in total. The van der Waals surface area contributed by atoms with Gasteiger partial charge in [-0.15, -0.1) is 0 Å². The fourth-order valence-corrected chi connectivity index (χ4v) is 2.86. The SMILES string of the molecule is CCc1cccc(OCC(F)F)c1-c1ccc2c(c1)CC(=O)N2. The van der Waals surface area contributed by atoms with E-state index in [0.29, 0.717) is 12.2 Å². The van der Waals surface area contributed by atoms with Gasteiger partial charge < -0.3 is 10.1 Å². The van der Waals surface area contributed by atoms with Gasteiger partial charge in [0.25, 0.3) is 6.43 Å². The van der Waals surface area contributed by atoms with Gasteiger partial charge in [-0.3, -0.25) is 4.79 Å². The van der Waals surface area contributed by atoms with Crippen LogP contribution in [0.4, 0.5) is 14.5 Å². The monoisotopic (exact) mass is 317 g/mol. The van der Waals surface area contributed by atoms with Crippen molar-refractivity contribution in [2.24, 2.45) is 0 Å². The van der Waals surface area contributed by atoms with E-state index in [-0.39, 0.29) is 5.91 Å². The number of amides is 1. The van der Waals surface area contributed by atoms with E-state index in [0.717, 1.165) is 34.4 Å². The molecule has 0 saturated heterocycles. The second-order valence-electron chi connectivity index (χ2n) is 5.44. The van der Waals surface area contributed by atoms with Crippen LogP contribution in [0.2, 0.25) is 0 Å². The number of rotatable bonds is 5. The number of alkyl halides is 2. The molecule has 2 aromatic rings. The number of ether oxygens (including phenoxy) is 1. The molecule has 1 amide bonds. The smallest absolute Gasteiger partial charge is 0.272 e. The van der Waals surface area contributed by atoms with Crippen molar-refractivity contribution in [2.75, 3.05) is 11.9 Å². The van der Waals surface area contributed by atoms with Crippen molar-refractivity contribution in [3.63, 3.8) is 0 Å². The molecule has 120 valence electrons. The largest absolute Gasteiger partial charge is 0.487 e. The number of hydrogen-bond acceptors (Lipinski definition) is 2. The summed E-state index contributed by atoms with van der Waals surface area (Å²) in [6.45, 7) is 1.37. The molecule has 5 heteroatoms. The molecular formula is C18H17F2NO2. The number of benzene rings is 2. The highest BCUT2D eigenvalue weighted by Crippen LogP contribution is 2.37. The topological polar surface area (TPSA) is 38.3 Å². The standard InChI is InChI=1S/C18H17F2NO2/c1-2-11-4-3-5-15(23-10-16(19)20)18(11)12-6-7-14-13(8-12)9-17(22)21-14/h3-8,16H,2,9-10H2,1H3,(H,21,22). The zero-order valence-electron chi connectivity index (χ0n) is 12.7. The number of anilines is 1. The maximum absolute atomic E-state index is 12.5. The van der Waals surface area contributed by atoms with Gasteiger partial charge in [0.1, 0.15) is 12.4 Å². The van der Waals surface area contributed by atoms with Gasteiger partial charge in [-0.05, 0) is 41.3 Å². The van der Waals surface area contributed by atoms with E-state index in [4.69, 9.17) is 4.74 Å². The third-order valence-electron chi connectivity index (χ3n) is 3.88. The minimum atomic E-state index is -2.52. The summed E-state index contributed by atoms with van der Waals surface area (Å²) in [6.07, 6.45) is -1.42. The average Bonchev–Trinajstić information content (AvgIpc) is 2.91. The Hall–Kier alpha value is -2.43. The van der Waals surface area contributed by atoms with E-state index in [1.54, 1.807) is 6.07 Å². The van der Waals surface area contributed by atoms with Crippen molar-refractivity contribution < 1.29 is 18.3 Å². The van der Waals surface area contributed by atoms with Gasteiger partial charge in [0, 0.05) is 11.3 Å². The van der Waals surface area contributed by atoms with Gasteiger partial charge in [-0.25, -0.2) is 8.78 Å². The van der Waals surface area contributed by atoms with Crippen LogP contribution >= 0.6 is 0 Å². The van der Waals surface area contributed by atoms with Gasteiger partial charge in [-0.1, -0.05) is 25.1 Å². The van der Waals surface area contributed by atoms with E-state index in [9.17, 15) is 13.6 Å². The molecule has 0 saturated carbocycles. The van der Waals surface area contributed by atoms with Gasteiger partial charge in [0.2, 0.25) is 5.91 Å². The number of nitrogens with one attached hydrogen (secondary N) is 1. The quantitative estimate of drug-likeness (QED) is 0.903. The second-order valence-corrected chi connectivity index (χ2v) is 5.44. The van der Waals surface area contributed by atoms with Gasteiger partial charge in [-0.2, -0.15) is 0 Å². The number of fused-ring (bicyclic) bond motifs is 1. The molecule has 0 bridgehead atoms. The number of carbonyl (C=O) groups excluding carboxylic acids is 1. The molecule has 0 unspecified atom stereocenters. The first-order valence-electron chi connectivity index (χ1n) is 7.54. The normalized spacial score (nSPS) is 13.1. The summed E-state index contributed by atoms with van der Waals surface area (Å²) < 4.78 is 30.3. The third kappa shape index (κ3) is 3.18. The van der Waals surface area contributed by atoms with Crippen LogP contribution in [0.3, 0.4) is 0 Å². The van der Waals surface area contributed by atoms with Crippen LogP contribution in [-0.4, -0.2) is 18.9 Å². The van der Waals surface area contributed by atoms with E-state index < -0.39 is 13.0 Å². The lowest BCUT2D eigenvalue weighted by Crippen LogP contribution is -2.08. The Balaban J connectivity index is 2.04. The predicted octanol–water partition coefficient (Wildman–Crippen LogP) is 4.05. The molecule has 0 aliphatic carbocycles. The minimum absolute atomic E-state index is 0.0323. The predicted molar refractivity (Wildman–Crippen MR) is 85.1 cm³/mol. The van der Waals surface area contributed by atoms with Crippen LogP contribution in [0.5, 0.6) is 5.75 Å². The Labute approximate surface area is 133 Å². The molecule has 3 rings (SSSR count). The molecule has 0 fully saturated rings. The molecule has 1 N–H and O–H groups in total. The summed E-state index contributed by atoms with van der Waals surface area (Å²) in [6, 6.07) is 11.1. The maximum Gasteiger partial charge on any atom is 0.272 e. The molecule has 0 aromatic heterocycles. The molecular weight excluding hydrogens is 300 g/mol. The van der Waals surface area contributed by atoms with Crippen molar-refractivity contribution >= 4 is 11.6 Å². The fraction of sp³-hybridized carbons (Fsp3) is 0.278. The van der Waals surface area contributed by atoms with E-state index in [1.807, 2.05) is 37.3 Å². The third-order valence-corrected chi connectivity index (χ3v) is 3.88. The van der Waals surface area contributed by atoms with Crippen molar-refractivity contribution in [1.29, 1.82) is 0 Å². The Kier molecular flexibility index (Phi) is 4.28.